The molecule has 1 atom stereocenters. The zero-order chi connectivity index (χ0) is 14.2. The van der Waals surface area contributed by atoms with E-state index in [9.17, 15) is 0 Å². The highest BCUT2D eigenvalue weighted by Gasteiger charge is 2.12. The predicted molar refractivity (Wildman–Crippen MR) is 87.9 cm³/mol. The van der Waals surface area contributed by atoms with Gasteiger partial charge in [0, 0.05) is 33.7 Å². The van der Waals surface area contributed by atoms with Crippen LogP contribution in [0.25, 0.3) is 0 Å². The van der Waals surface area contributed by atoms with Gasteiger partial charge in [0.25, 0.3) is 0 Å². The fourth-order valence-electron chi connectivity index (χ4n) is 1.79. The van der Waals surface area contributed by atoms with Crippen molar-refractivity contribution in [1.29, 1.82) is 0 Å². The number of benzene rings is 1. The maximum atomic E-state index is 4.41. The van der Waals surface area contributed by atoms with Gasteiger partial charge in [0.1, 0.15) is 0 Å². The van der Waals surface area contributed by atoms with Crippen LogP contribution in [0.1, 0.15) is 25.1 Å². The molecule has 0 spiro atoms. The minimum Gasteiger partial charge on any atom is -0.308 e. The lowest BCUT2D eigenvalue weighted by Gasteiger charge is -2.17. The summed E-state index contributed by atoms with van der Waals surface area (Å²) < 4.78 is 1.11. The molecular weight excluding hydrogens is 334 g/mol. The van der Waals surface area contributed by atoms with Crippen LogP contribution in [0, 0.1) is 0 Å². The summed E-state index contributed by atoms with van der Waals surface area (Å²) in [5.41, 5.74) is 1.00. The maximum Gasteiger partial charge on any atom is 0.0764 e. The second-order valence-corrected chi connectivity index (χ2v) is 6.41. The quantitative estimate of drug-likeness (QED) is 0.763. The molecule has 0 aliphatic heterocycles. The topological polar surface area (TPSA) is 37.8 Å². The van der Waals surface area contributed by atoms with Gasteiger partial charge in [0.15, 0.2) is 0 Å². The average molecular weight is 352 g/mol. The van der Waals surface area contributed by atoms with Crippen molar-refractivity contribution in [1.82, 2.24) is 15.3 Å². The SMILES string of the molecule is CCCNC(CSc1cccc(Br)c1)c1cnccn1. The molecule has 2 aromatic rings. The molecule has 1 heterocycles. The standard InChI is InChI=1S/C15H18BrN3S/c1-2-6-18-15(14-10-17-7-8-19-14)11-20-13-5-3-4-12(16)9-13/h3-5,7-10,15,18H,2,6,11H2,1H3. The number of hydrogen-bond donors (Lipinski definition) is 1. The Morgan fingerprint density at radius 1 is 1.35 bits per heavy atom. The first-order chi connectivity index (χ1) is 9.79. The molecule has 0 saturated heterocycles. The van der Waals surface area contributed by atoms with E-state index in [1.807, 2.05) is 24.0 Å². The van der Waals surface area contributed by atoms with Gasteiger partial charge in [-0.2, -0.15) is 0 Å². The number of hydrogen-bond acceptors (Lipinski definition) is 4. The van der Waals surface area contributed by atoms with Crippen LogP contribution < -0.4 is 5.32 Å². The van der Waals surface area contributed by atoms with Crippen LogP contribution in [0.3, 0.4) is 0 Å². The van der Waals surface area contributed by atoms with Crippen LogP contribution >= 0.6 is 27.7 Å². The van der Waals surface area contributed by atoms with E-state index < -0.39 is 0 Å². The minimum atomic E-state index is 0.229. The summed E-state index contributed by atoms with van der Waals surface area (Å²) in [7, 11) is 0. The van der Waals surface area contributed by atoms with Crippen molar-refractivity contribution in [2.75, 3.05) is 12.3 Å². The van der Waals surface area contributed by atoms with Crippen LogP contribution in [0.15, 0.2) is 52.2 Å². The molecule has 1 N–H and O–H groups in total. The van der Waals surface area contributed by atoms with Gasteiger partial charge in [0.05, 0.1) is 11.7 Å². The van der Waals surface area contributed by atoms with Crippen molar-refractivity contribution >= 4 is 27.7 Å². The molecule has 1 aromatic carbocycles. The van der Waals surface area contributed by atoms with E-state index in [2.05, 4.69) is 56.3 Å². The summed E-state index contributed by atoms with van der Waals surface area (Å²) in [4.78, 5) is 9.83. The summed E-state index contributed by atoms with van der Waals surface area (Å²) in [5, 5.41) is 3.54. The molecule has 1 unspecified atom stereocenters. The Hall–Kier alpha value is -0.910. The van der Waals surface area contributed by atoms with Crippen molar-refractivity contribution in [3.8, 4) is 0 Å². The minimum absolute atomic E-state index is 0.229. The predicted octanol–water partition coefficient (Wildman–Crippen LogP) is 4.07. The summed E-state index contributed by atoms with van der Waals surface area (Å²) in [6.45, 7) is 3.16. The Morgan fingerprint density at radius 3 is 2.95 bits per heavy atom. The fraction of sp³-hybridized carbons (Fsp3) is 0.333. The number of nitrogens with one attached hydrogen (secondary N) is 1. The third-order valence-electron chi connectivity index (χ3n) is 2.79. The van der Waals surface area contributed by atoms with Crippen molar-refractivity contribution in [3.05, 3.63) is 53.0 Å². The van der Waals surface area contributed by atoms with Crippen LogP contribution in [0.4, 0.5) is 0 Å². The van der Waals surface area contributed by atoms with Gasteiger partial charge in [0.2, 0.25) is 0 Å². The van der Waals surface area contributed by atoms with Gasteiger partial charge in [-0.15, -0.1) is 11.8 Å². The van der Waals surface area contributed by atoms with Crippen LogP contribution in [-0.4, -0.2) is 22.3 Å². The second kappa shape index (κ2) is 8.39. The maximum absolute atomic E-state index is 4.41. The van der Waals surface area contributed by atoms with Crippen molar-refractivity contribution in [3.63, 3.8) is 0 Å². The highest BCUT2D eigenvalue weighted by atomic mass is 79.9. The summed E-state index contributed by atoms with van der Waals surface area (Å²) in [5.74, 6) is 0.940. The van der Waals surface area contributed by atoms with Crippen LogP contribution in [-0.2, 0) is 0 Å². The average Bonchev–Trinajstić information content (AvgIpc) is 2.48. The Bertz CT molecular complexity index is 522. The number of nitrogens with zero attached hydrogens (tertiary/aromatic N) is 2. The van der Waals surface area contributed by atoms with E-state index in [-0.39, 0.29) is 6.04 Å². The first kappa shape index (κ1) is 15.5. The summed E-state index contributed by atoms with van der Waals surface area (Å²) in [6, 6.07) is 8.59. The molecule has 0 bridgehead atoms. The summed E-state index contributed by atoms with van der Waals surface area (Å²) >= 11 is 5.33. The lowest BCUT2D eigenvalue weighted by atomic mass is 10.2. The van der Waals surface area contributed by atoms with Gasteiger partial charge >= 0.3 is 0 Å². The Balaban J connectivity index is 2.01. The molecule has 1 aromatic heterocycles. The lowest BCUT2D eigenvalue weighted by Crippen LogP contribution is -2.25. The van der Waals surface area contributed by atoms with Crippen molar-refractivity contribution in [2.45, 2.75) is 24.3 Å². The molecule has 2 rings (SSSR count). The Morgan fingerprint density at radius 2 is 2.25 bits per heavy atom. The first-order valence-electron chi connectivity index (χ1n) is 6.67. The second-order valence-electron chi connectivity index (χ2n) is 4.41. The van der Waals surface area contributed by atoms with Gasteiger partial charge < -0.3 is 5.32 Å². The van der Waals surface area contributed by atoms with Gasteiger partial charge in [-0.05, 0) is 31.2 Å². The lowest BCUT2D eigenvalue weighted by molar-refractivity contribution is 0.563. The largest absolute Gasteiger partial charge is 0.308 e. The monoisotopic (exact) mass is 351 g/mol. The van der Waals surface area contributed by atoms with Gasteiger partial charge in [-0.3, -0.25) is 9.97 Å². The normalized spacial score (nSPS) is 12.3. The highest BCUT2D eigenvalue weighted by Crippen LogP contribution is 2.26. The third kappa shape index (κ3) is 4.89. The van der Waals surface area contributed by atoms with E-state index in [0.29, 0.717) is 0 Å². The molecule has 3 nitrogen and oxygen atoms in total. The number of aromatic nitrogens is 2. The van der Waals surface area contributed by atoms with Crippen molar-refractivity contribution < 1.29 is 0 Å². The molecule has 0 amide bonds. The third-order valence-corrected chi connectivity index (χ3v) is 4.37. The van der Waals surface area contributed by atoms with Gasteiger partial charge in [-0.1, -0.05) is 28.9 Å². The Labute approximate surface area is 132 Å². The first-order valence-corrected chi connectivity index (χ1v) is 8.45. The number of rotatable bonds is 7. The molecule has 0 fully saturated rings. The smallest absolute Gasteiger partial charge is 0.0764 e. The van der Waals surface area contributed by atoms with Crippen LogP contribution in [0.2, 0.25) is 0 Å². The molecule has 0 saturated carbocycles. The molecule has 20 heavy (non-hydrogen) atoms. The fourth-order valence-corrected chi connectivity index (χ4v) is 3.38. The van der Waals surface area contributed by atoms with Gasteiger partial charge in [-0.25, -0.2) is 0 Å². The number of halogens is 1. The van der Waals surface area contributed by atoms with E-state index in [1.165, 1.54) is 4.90 Å². The van der Waals surface area contributed by atoms with E-state index in [0.717, 1.165) is 28.9 Å². The zero-order valence-corrected chi connectivity index (χ0v) is 13.8. The molecule has 5 heteroatoms. The van der Waals surface area contributed by atoms with E-state index >= 15 is 0 Å². The molecular formula is C15H18BrN3S. The zero-order valence-electron chi connectivity index (χ0n) is 11.4. The van der Waals surface area contributed by atoms with Crippen molar-refractivity contribution in [2.24, 2.45) is 0 Å². The summed E-state index contributed by atoms with van der Waals surface area (Å²) in [6.07, 6.45) is 6.41. The van der Waals surface area contributed by atoms with Crippen LogP contribution in [0.5, 0.6) is 0 Å². The molecule has 0 aliphatic carbocycles. The molecule has 0 radical (unpaired) electrons. The van der Waals surface area contributed by atoms with E-state index in [4.69, 9.17) is 0 Å². The Kier molecular flexibility index (Phi) is 6.50. The highest BCUT2D eigenvalue weighted by molar-refractivity contribution is 9.10. The van der Waals surface area contributed by atoms with E-state index in [1.54, 1.807) is 12.4 Å². The molecule has 106 valence electrons. The number of thioether (sulfide) groups is 1. The molecule has 0 aliphatic rings.